The first-order chi connectivity index (χ1) is 15.2. The second-order valence-corrected chi connectivity index (χ2v) is 8.94. The van der Waals surface area contributed by atoms with E-state index in [-0.39, 0.29) is 17.2 Å². The molecular weight excluding hydrogens is 423 g/mol. The molecule has 1 fully saturated rings. The molecule has 0 spiro atoms. The zero-order valence-electron chi connectivity index (χ0n) is 18.1. The fourth-order valence-corrected chi connectivity index (χ4v) is 5.19. The SMILES string of the molecule is CCCC1CCC(c2cc(F)c(C3=Cc4ccc(OC(F)(F)F)cc4CC3)c(F)c2)CC1. The van der Waals surface area contributed by atoms with Crippen LogP contribution >= 0.6 is 0 Å². The molecule has 2 aliphatic rings. The maximum atomic E-state index is 15.0. The number of rotatable bonds is 5. The molecule has 32 heavy (non-hydrogen) atoms. The Bertz CT molecular complexity index is 977. The highest BCUT2D eigenvalue weighted by atomic mass is 19.4. The molecule has 0 unspecified atom stereocenters. The Morgan fingerprint density at radius 1 is 0.938 bits per heavy atom. The third kappa shape index (κ3) is 5.16. The van der Waals surface area contributed by atoms with Crippen LogP contribution in [0.15, 0.2) is 30.3 Å². The zero-order valence-corrected chi connectivity index (χ0v) is 18.1. The van der Waals surface area contributed by atoms with Gasteiger partial charge in [-0.05, 0) is 96.9 Å². The standard InChI is InChI=1S/C26H27F5O/c1-2-3-16-4-6-17(7-5-16)21-14-23(27)25(24(28)15-21)20-9-8-19-13-22(32-26(29,30)31)11-10-18(19)12-20/h10-17H,2-9H2,1H3. The second kappa shape index (κ2) is 9.24. The Morgan fingerprint density at radius 3 is 2.25 bits per heavy atom. The lowest BCUT2D eigenvalue weighted by atomic mass is 9.77. The number of alkyl halides is 3. The summed E-state index contributed by atoms with van der Waals surface area (Å²) in [7, 11) is 0. The van der Waals surface area contributed by atoms with Gasteiger partial charge in [-0.1, -0.05) is 31.9 Å². The molecule has 0 atom stereocenters. The molecule has 0 radical (unpaired) electrons. The van der Waals surface area contributed by atoms with Crippen molar-refractivity contribution in [3.8, 4) is 5.75 Å². The summed E-state index contributed by atoms with van der Waals surface area (Å²) in [5.41, 5.74) is 2.53. The average molecular weight is 450 g/mol. The number of fused-ring (bicyclic) bond motifs is 1. The van der Waals surface area contributed by atoms with Crippen LogP contribution in [0.3, 0.4) is 0 Å². The Kier molecular flexibility index (Phi) is 6.59. The third-order valence-electron chi connectivity index (χ3n) is 6.74. The lowest BCUT2D eigenvalue weighted by Gasteiger charge is -2.29. The van der Waals surface area contributed by atoms with E-state index in [1.807, 2.05) is 0 Å². The van der Waals surface area contributed by atoms with E-state index in [0.717, 1.165) is 37.2 Å². The summed E-state index contributed by atoms with van der Waals surface area (Å²) in [4.78, 5) is 0. The van der Waals surface area contributed by atoms with Gasteiger partial charge >= 0.3 is 6.36 Å². The van der Waals surface area contributed by atoms with Gasteiger partial charge < -0.3 is 4.74 Å². The first kappa shape index (κ1) is 22.8. The van der Waals surface area contributed by atoms with Gasteiger partial charge in [0.15, 0.2) is 0 Å². The molecule has 0 heterocycles. The van der Waals surface area contributed by atoms with Crippen molar-refractivity contribution in [3.63, 3.8) is 0 Å². The molecule has 6 heteroatoms. The molecule has 1 nitrogen and oxygen atoms in total. The van der Waals surface area contributed by atoms with Crippen LogP contribution in [0.5, 0.6) is 5.75 Å². The Balaban J connectivity index is 1.54. The van der Waals surface area contributed by atoms with Crippen LogP contribution in [0.2, 0.25) is 0 Å². The molecule has 0 bridgehead atoms. The smallest absolute Gasteiger partial charge is 0.406 e. The summed E-state index contributed by atoms with van der Waals surface area (Å²) in [5, 5.41) is 0. The van der Waals surface area contributed by atoms with E-state index < -0.39 is 18.0 Å². The maximum absolute atomic E-state index is 15.0. The number of hydrogen-bond acceptors (Lipinski definition) is 1. The van der Waals surface area contributed by atoms with Crippen LogP contribution in [0.25, 0.3) is 11.6 Å². The van der Waals surface area contributed by atoms with E-state index in [4.69, 9.17) is 0 Å². The molecule has 2 aromatic carbocycles. The predicted molar refractivity (Wildman–Crippen MR) is 115 cm³/mol. The predicted octanol–water partition coefficient (Wildman–Crippen LogP) is 8.42. The van der Waals surface area contributed by atoms with Gasteiger partial charge in [0.05, 0.1) is 0 Å². The van der Waals surface area contributed by atoms with Crippen molar-refractivity contribution in [1.29, 1.82) is 0 Å². The molecular formula is C26H27F5O. The molecule has 4 rings (SSSR count). The minimum atomic E-state index is -4.76. The summed E-state index contributed by atoms with van der Waals surface area (Å²) < 4.78 is 71.4. The van der Waals surface area contributed by atoms with Crippen molar-refractivity contribution >= 4 is 11.6 Å². The van der Waals surface area contributed by atoms with Gasteiger partial charge in [0.2, 0.25) is 0 Å². The fourth-order valence-electron chi connectivity index (χ4n) is 5.19. The minimum Gasteiger partial charge on any atom is -0.406 e. The molecule has 2 aliphatic carbocycles. The van der Waals surface area contributed by atoms with Crippen LogP contribution in [-0.2, 0) is 6.42 Å². The van der Waals surface area contributed by atoms with Crippen molar-refractivity contribution in [1.82, 2.24) is 0 Å². The highest BCUT2D eigenvalue weighted by Gasteiger charge is 2.31. The van der Waals surface area contributed by atoms with Gasteiger partial charge in [0.25, 0.3) is 0 Å². The molecule has 0 amide bonds. The fraction of sp³-hybridized carbons (Fsp3) is 0.462. The molecule has 1 saturated carbocycles. The lowest BCUT2D eigenvalue weighted by Crippen LogP contribution is -2.17. The van der Waals surface area contributed by atoms with Gasteiger partial charge in [-0.15, -0.1) is 13.2 Å². The first-order valence-electron chi connectivity index (χ1n) is 11.3. The second-order valence-electron chi connectivity index (χ2n) is 8.94. The van der Waals surface area contributed by atoms with Crippen LogP contribution in [-0.4, -0.2) is 6.36 Å². The largest absolute Gasteiger partial charge is 0.573 e. The molecule has 2 aromatic rings. The number of hydrogen-bond donors (Lipinski definition) is 0. The number of benzene rings is 2. The van der Waals surface area contributed by atoms with Gasteiger partial charge in [0.1, 0.15) is 17.4 Å². The zero-order chi connectivity index (χ0) is 22.9. The van der Waals surface area contributed by atoms with Gasteiger partial charge in [-0.25, -0.2) is 8.78 Å². The third-order valence-corrected chi connectivity index (χ3v) is 6.74. The van der Waals surface area contributed by atoms with Gasteiger partial charge in [0, 0.05) is 5.56 Å². The van der Waals surface area contributed by atoms with Crippen LogP contribution in [0.1, 0.15) is 80.0 Å². The van der Waals surface area contributed by atoms with E-state index >= 15 is 8.78 Å². The van der Waals surface area contributed by atoms with E-state index in [0.29, 0.717) is 29.5 Å². The minimum absolute atomic E-state index is 0.0327. The molecule has 0 saturated heterocycles. The molecule has 172 valence electrons. The monoisotopic (exact) mass is 450 g/mol. The van der Waals surface area contributed by atoms with Gasteiger partial charge in [-0.3, -0.25) is 0 Å². The van der Waals surface area contributed by atoms with E-state index in [2.05, 4.69) is 11.7 Å². The van der Waals surface area contributed by atoms with E-state index in [9.17, 15) is 13.2 Å². The summed E-state index contributed by atoms with van der Waals surface area (Å²) in [6, 6.07) is 6.99. The van der Waals surface area contributed by atoms with Crippen molar-refractivity contribution in [2.24, 2.45) is 5.92 Å². The van der Waals surface area contributed by atoms with Gasteiger partial charge in [-0.2, -0.15) is 0 Å². The van der Waals surface area contributed by atoms with Crippen molar-refractivity contribution < 1.29 is 26.7 Å². The molecule has 0 aromatic heterocycles. The van der Waals surface area contributed by atoms with E-state index in [1.165, 1.54) is 43.2 Å². The maximum Gasteiger partial charge on any atom is 0.573 e. The Hall–Kier alpha value is -2.37. The van der Waals surface area contributed by atoms with Crippen molar-refractivity contribution in [2.45, 2.75) is 70.6 Å². The highest BCUT2D eigenvalue weighted by Crippen LogP contribution is 2.40. The van der Waals surface area contributed by atoms with Crippen molar-refractivity contribution in [3.05, 3.63) is 64.2 Å². The molecule has 0 aliphatic heterocycles. The van der Waals surface area contributed by atoms with Crippen LogP contribution in [0.4, 0.5) is 22.0 Å². The number of aryl methyl sites for hydroxylation is 1. The van der Waals surface area contributed by atoms with Crippen molar-refractivity contribution in [2.75, 3.05) is 0 Å². The highest BCUT2D eigenvalue weighted by molar-refractivity contribution is 5.85. The Morgan fingerprint density at radius 2 is 1.62 bits per heavy atom. The van der Waals surface area contributed by atoms with Crippen LogP contribution in [0, 0.1) is 17.6 Å². The normalized spacial score (nSPS) is 21.1. The summed E-state index contributed by atoms with van der Waals surface area (Å²) in [6.07, 6.45) is 4.14. The molecule has 0 N–H and O–H groups in total. The topological polar surface area (TPSA) is 9.23 Å². The first-order valence-corrected chi connectivity index (χ1v) is 11.3. The van der Waals surface area contributed by atoms with Crippen LogP contribution < -0.4 is 4.74 Å². The lowest BCUT2D eigenvalue weighted by molar-refractivity contribution is -0.274. The summed E-state index contributed by atoms with van der Waals surface area (Å²) >= 11 is 0. The van der Waals surface area contributed by atoms with E-state index in [1.54, 1.807) is 6.08 Å². The summed E-state index contributed by atoms with van der Waals surface area (Å²) in [6.45, 7) is 2.18. The Labute approximate surface area is 185 Å². The quantitative estimate of drug-likeness (QED) is 0.416. The number of allylic oxidation sites excluding steroid dienone is 1. The average Bonchev–Trinajstić information content (AvgIpc) is 2.73. The number of halogens is 5. The summed E-state index contributed by atoms with van der Waals surface area (Å²) in [5.74, 6) is -0.512. The number of ether oxygens (including phenoxy) is 1.